The maximum atomic E-state index is 12.3. The molecule has 1 aliphatic heterocycles. The first-order valence-electron chi connectivity index (χ1n) is 10.1. The molecule has 8 nitrogen and oxygen atoms in total. The van der Waals surface area contributed by atoms with Gasteiger partial charge in [0.15, 0.2) is 6.61 Å². The quantitative estimate of drug-likeness (QED) is 0.447. The molecule has 1 aliphatic rings. The van der Waals surface area contributed by atoms with E-state index in [-0.39, 0.29) is 56.3 Å². The van der Waals surface area contributed by atoms with Gasteiger partial charge in [0.2, 0.25) is 5.91 Å². The van der Waals surface area contributed by atoms with Crippen molar-refractivity contribution in [1.82, 2.24) is 15.5 Å². The summed E-state index contributed by atoms with van der Waals surface area (Å²) in [5.41, 5.74) is 1.91. The molecule has 162 valence electrons. The SMILES string of the molecule is Cc1ccc(OCC(=O)NCCNC(=O)CCCN2C(=O)c3ccccc3C2=O)cc1. The number of hydrogen-bond acceptors (Lipinski definition) is 5. The molecule has 0 saturated heterocycles. The Hall–Kier alpha value is -3.68. The van der Waals surface area contributed by atoms with E-state index >= 15 is 0 Å². The van der Waals surface area contributed by atoms with Crippen LogP contribution in [-0.2, 0) is 9.59 Å². The summed E-state index contributed by atoms with van der Waals surface area (Å²) in [6, 6.07) is 14.1. The minimum absolute atomic E-state index is 0.0999. The molecule has 2 aromatic carbocycles. The predicted octanol–water partition coefficient (Wildman–Crippen LogP) is 1.68. The molecule has 8 heteroatoms. The highest BCUT2D eigenvalue weighted by molar-refractivity contribution is 6.21. The zero-order valence-corrected chi connectivity index (χ0v) is 17.3. The number of nitrogens with one attached hydrogen (secondary N) is 2. The third-order valence-electron chi connectivity index (χ3n) is 4.82. The van der Waals surface area contributed by atoms with Crippen LogP contribution in [-0.4, -0.2) is 54.8 Å². The first kappa shape index (κ1) is 22.0. The molecule has 1 heterocycles. The molecular formula is C23H25N3O5. The van der Waals surface area contributed by atoms with Crippen LogP contribution in [0.2, 0.25) is 0 Å². The lowest BCUT2D eigenvalue weighted by Gasteiger charge is -2.13. The highest BCUT2D eigenvalue weighted by Gasteiger charge is 2.34. The van der Waals surface area contributed by atoms with Gasteiger partial charge >= 0.3 is 0 Å². The summed E-state index contributed by atoms with van der Waals surface area (Å²) in [6.45, 7) is 2.61. The van der Waals surface area contributed by atoms with Crippen molar-refractivity contribution in [2.75, 3.05) is 26.2 Å². The fourth-order valence-corrected chi connectivity index (χ4v) is 3.17. The standard InChI is InChI=1S/C23H25N3O5/c1-16-8-10-17(11-9-16)31-15-21(28)25-13-12-24-20(27)7-4-14-26-22(29)18-5-2-3-6-19(18)23(26)30/h2-3,5-6,8-11H,4,7,12-15H2,1H3,(H,24,27)(H,25,28). The van der Waals surface area contributed by atoms with Crippen molar-refractivity contribution < 1.29 is 23.9 Å². The molecule has 2 N–H and O–H groups in total. The smallest absolute Gasteiger partial charge is 0.261 e. The average Bonchev–Trinajstić information content (AvgIpc) is 3.01. The van der Waals surface area contributed by atoms with Gasteiger partial charge < -0.3 is 15.4 Å². The molecule has 0 saturated carbocycles. The lowest BCUT2D eigenvalue weighted by atomic mass is 10.1. The van der Waals surface area contributed by atoms with Gasteiger partial charge in [0.1, 0.15) is 5.75 Å². The van der Waals surface area contributed by atoms with Gasteiger partial charge in [0.25, 0.3) is 17.7 Å². The van der Waals surface area contributed by atoms with E-state index in [1.807, 2.05) is 19.1 Å². The van der Waals surface area contributed by atoms with E-state index in [2.05, 4.69) is 10.6 Å². The Morgan fingerprint density at radius 2 is 1.45 bits per heavy atom. The Morgan fingerprint density at radius 1 is 0.871 bits per heavy atom. The van der Waals surface area contributed by atoms with Crippen LogP contribution < -0.4 is 15.4 Å². The molecule has 0 aliphatic carbocycles. The summed E-state index contributed by atoms with van der Waals surface area (Å²) in [6.07, 6.45) is 0.548. The molecule has 3 rings (SSSR count). The van der Waals surface area contributed by atoms with Crippen molar-refractivity contribution in [3.8, 4) is 5.75 Å². The molecule has 0 fully saturated rings. The monoisotopic (exact) mass is 423 g/mol. The van der Waals surface area contributed by atoms with E-state index < -0.39 is 0 Å². The average molecular weight is 423 g/mol. The van der Waals surface area contributed by atoms with E-state index in [4.69, 9.17) is 4.74 Å². The second-order valence-corrected chi connectivity index (χ2v) is 7.21. The number of nitrogens with zero attached hydrogens (tertiary/aromatic N) is 1. The van der Waals surface area contributed by atoms with Gasteiger partial charge in [-0.25, -0.2) is 0 Å². The number of benzene rings is 2. The Bertz CT molecular complexity index is 936. The minimum atomic E-state index is -0.323. The summed E-state index contributed by atoms with van der Waals surface area (Å²) in [4.78, 5) is 49.4. The zero-order valence-electron chi connectivity index (χ0n) is 17.3. The van der Waals surface area contributed by atoms with E-state index in [9.17, 15) is 19.2 Å². The van der Waals surface area contributed by atoms with E-state index in [1.165, 1.54) is 4.90 Å². The molecule has 0 unspecified atom stereocenters. The van der Waals surface area contributed by atoms with Crippen molar-refractivity contribution in [3.63, 3.8) is 0 Å². The van der Waals surface area contributed by atoms with Crippen LogP contribution >= 0.6 is 0 Å². The van der Waals surface area contributed by atoms with Crippen LogP contribution in [0.3, 0.4) is 0 Å². The number of fused-ring (bicyclic) bond motifs is 1. The molecular weight excluding hydrogens is 398 g/mol. The molecule has 31 heavy (non-hydrogen) atoms. The van der Waals surface area contributed by atoms with Gasteiger partial charge in [-0.2, -0.15) is 0 Å². The number of ether oxygens (including phenoxy) is 1. The fraction of sp³-hybridized carbons (Fsp3) is 0.304. The summed E-state index contributed by atoms with van der Waals surface area (Å²) < 4.78 is 5.38. The van der Waals surface area contributed by atoms with Crippen LogP contribution in [0.5, 0.6) is 5.75 Å². The molecule has 0 radical (unpaired) electrons. The number of imide groups is 1. The van der Waals surface area contributed by atoms with Gasteiger partial charge in [-0.05, 0) is 37.6 Å². The largest absolute Gasteiger partial charge is 0.484 e. The van der Waals surface area contributed by atoms with Crippen molar-refractivity contribution in [2.24, 2.45) is 0 Å². The van der Waals surface area contributed by atoms with Crippen molar-refractivity contribution in [1.29, 1.82) is 0 Å². The third kappa shape index (κ3) is 5.91. The number of amides is 4. The highest BCUT2D eigenvalue weighted by Crippen LogP contribution is 2.22. The second kappa shape index (κ2) is 10.4. The Balaban J connectivity index is 1.27. The summed E-state index contributed by atoms with van der Waals surface area (Å²) >= 11 is 0. The van der Waals surface area contributed by atoms with Gasteiger partial charge in [-0.1, -0.05) is 29.8 Å². The zero-order chi connectivity index (χ0) is 22.2. The Kier molecular flexibility index (Phi) is 7.37. The third-order valence-corrected chi connectivity index (χ3v) is 4.82. The second-order valence-electron chi connectivity index (χ2n) is 7.21. The first-order chi connectivity index (χ1) is 15.0. The molecule has 2 aromatic rings. The minimum Gasteiger partial charge on any atom is -0.484 e. The van der Waals surface area contributed by atoms with Crippen LogP contribution in [0.15, 0.2) is 48.5 Å². The van der Waals surface area contributed by atoms with Crippen LogP contribution in [0.4, 0.5) is 0 Å². The molecule has 0 aromatic heterocycles. The number of carbonyl (C=O) groups is 4. The maximum absolute atomic E-state index is 12.3. The van der Waals surface area contributed by atoms with Crippen LogP contribution in [0.1, 0.15) is 39.1 Å². The van der Waals surface area contributed by atoms with Gasteiger partial charge in [0.05, 0.1) is 11.1 Å². The number of hydrogen-bond donors (Lipinski definition) is 2. The summed E-state index contributed by atoms with van der Waals surface area (Å²) in [5, 5.41) is 5.37. The predicted molar refractivity (Wildman–Crippen MR) is 114 cm³/mol. The molecule has 0 atom stereocenters. The molecule has 0 spiro atoms. The lowest BCUT2D eigenvalue weighted by Crippen LogP contribution is -2.37. The van der Waals surface area contributed by atoms with Crippen molar-refractivity contribution in [3.05, 3.63) is 65.2 Å². The van der Waals surface area contributed by atoms with Crippen molar-refractivity contribution >= 4 is 23.6 Å². The fourth-order valence-electron chi connectivity index (χ4n) is 3.17. The Morgan fingerprint density at radius 3 is 2.06 bits per heavy atom. The molecule has 0 bridgehead atoms. The van der Waals surface area contributed by atoms with Crippen LogP contribution in [0.25, 0.3) is 0 Å². The van der Waals surface area contributed by atoms with E-state index in [1.54, 1.807) is 36.4 Å². The number of aryl methyl sites for hydroxylation is 1. The summed E-state index contributed by atoms with van der Waals surface area (Å²) in [7, 11) is 0. The topological polar surface area (TPSA) is 105 Å². The first-order valence-corrected chi connectivity index (χ1v) is 10.1. The van der Waals surface area contributed by atoms with Crippen LogP contribution in [0, 0.1) is 6.92 Å². The lowest BCUT2D eigenvalue weighted by molar-refractivity contribution is -0.124. The molecule has 4 amide bonds. The normalized spacial score (nSPS) is 12.5. The van der Waals surface area contributed by atoms with E-state index in [0.29, 0.717) is 23.3 Å². The number of carbonyl (C=O) groups excluding carboxylic acids is 4. The highest BCUT2D eigenvalue weighted by atomic mass is 16.5. The van der Waals surface area contributed by atoms with E-state index in [0.717, 1.165) is 5.56 Å². The summed E-state index contributed by atoms with van der Waals surface area (Å²) in [5.74, 6) is -0.512. The van der Waals surface area contributed by atoms with Gasteiger partial charge in [0, 0.05) is 26.1 Å². The Labute approximate surface area is 180 Å². The van der Waals surface area contributed by atoms with Gasteiger partial charge in [-0.3, -0.25) is 24.1 Å². The van der Waals surface area contributed by atoms with Crippen molar-refractivity contribution in [2.45, 2.75) is 19.8 Å². The maximum Gasteiger partial charge on any atom is 0.261 e. The van der Waals surface area contributed by atoms with Gasteiger partial charge in [-0.15, -0.1) is 0 Å². The number of rotatable bonds is 10.